The molecule has 7 aromatic carbocycles. The number of benzene rings is 7. The highest BCUT2D eigenvalue weighted by Crippen LogP contribution is 2.55. The van der Waals surface area contributed by atoms with Crippen molar-refractivity contribution in [1.82, 2.24) is 0 Å². The summed E-state index contributed by atoms with van der Waals surface area (Å²) in [7, 11) is 0. The Morgan fingerprint density at radius 3 is 1.57 bits per heavy atom. The van der Waals surface area contributed by atoms with Crippen molar-refractivity contribution in [2.45, 2.75) is 19.3 Å². The smallest absolute Gasteiger partial charge is 0.0464 e. The molecule has 0 amide bonds. The number of para-hydroxylation sites is 1. The summed E-state index contributed by atoms with van der Waals surface area (Å²) in [6.07, 6.45) is 0. The fraction of sp³-hybridized carbons (Fsp3) is 0.0667. The second kappa shape index (κ2) is 11.4. The zero-order valence-corrected chi connectivity index (χ0v) is 26.2. The highest BCUT2D eigenvalue weighted by molar-refractivity contribution is 6.01. The highest BCUT2D eigenvalue weighted by atomic mass is 14.9. The van der Waals surface area contributed by atoms with E-state index in [1.165, 1.54) is 66.8 Å². The third-order valence-corrected chi connectivity index (χ3v) is 9.50. The molecular weight excluding hydrogens is 555 g/mol. The van der Waals surface area contributed by atoms with Crippen LogP contribution >= 0.6 is 0 Å². The predicted octanol–water partition coefficient (Wildman–Crippen LogP) is 12.4. The molecule has 0 aliphatic heterocycles. The van der Waals surface area contributed by atoms with Crippen LogP contribution in [0.2, 0.25) is 0 Å². The molecule has 0 radical (unpaired) electrons. The van der Waals surface area contributed by atoms with Gasteiger partial charge in [0.15, 0.2) is 0 Å². The third-order valence-electron chi connectivity index (χ3n) is 9.50. The Morgan fingerprint density at radius 1 is 0.370 bits per heavy atom. The number of fused-ring (bicyclic) bond motifs is 3. The maximum absolute atomic E-state index is 3.84. The van der Waals surface area contributed by atoms with Crippen LogP contribution in [0.5, 0.6) is 0 Å². The fourth-order valence-electron chi connectivity index (χ4n) is 7.26. The quantitative estimate of drug-likeness (QED) is 0.203. The molecule has 0 atom stereocenters. The van der Waals surface area contributed by atoms with Crippen molar-refractivity contribution in [3.05, 3.63) is 181 Å². The molecule has 8 rings (SSSR count). The number of rotatable bonds is 6. The summed E-state index contributed by atoms with van der Waals surface area (Å²) in [5.41, 5.74) is 17.3. The summed E-state index contributed by atoms with van der Waals surface area (Å²) in [6.45, 7) is 4.72. The second-order valence-electron chi connectivity index (χ2n) is 12.6. The monoisotopic (exact) mass is 589 g/mol. The van der Waals surface area contributed by atoms with E-state index in [-0.39, 0.29) is 5.41 Å². The molecule has 1 aliphatic carbocycles. The Hall–Kier alpha value is -5.66. The summed E-state index contributed by atoms with van der Waals surface area (Å²) in [4.78, 5) is 0. The minimum atomic E-state index is -0.117. The van der Waals surface area contributed by atoms with E-state index in [0.717, 1.165) is 11.4 Å². The molecule has 46 heavy (non-hydrogen) atoms. The van der Waals surface area contributed by atoms with Crippen LogP contribution in [0.4, 0.5) is 11.4 Å². The summed E-state index contributed by atoms with van der Waals surface area (Å²) in [5.74, 6) is 0. The molecule has 1 aliphatic rings. The van der Waals surface area contributed by atoms with E-state index >= 15 is 0 Å². The van der Waals surface area contributed by atoms with E-state index < -0.39 is 0 Å². The summed E-state index contributed by atoms with van der Waals surface area (Å²) >= 11 is 0. The molecule has 7 aromatic rings. The lowest BCUT2D eigenvalue weighted by atomic mass is 9.80. The minimum Gasteiger partial charge on any atom is -0.355 e. The van der Waals surface area contributed by atoms with Gasteiger partial charge in [0.1, 0.15) is 0 Å². The summed E-state index contributed by atoms with van der Waals surface area (Å²) in [5, 5.41) is 3.84. The lowest BCUT2D eigenvalue weighted by Crippen LogP contribution is -2.15. The van der Waals surface area contributed by atoms with E-state index in [2.05, 4.69) is 189 Å². The van der Waals surface area contributed by atoms with Gasteiger partial charge in [0, 0.05) is 22.4 Å². The SMILES string of the molecule is CC1(C)c2ccc(Nc3ccccc3-c3ccccc3-c3ccccc3)cc2-c2c1ccc(-c1ccccc1)c2-c1ccccc1. The molecule has 1 nitrogen and oxygen atoms in total. The average molecular weight is 590 g/mol. The van der Waals surface area contributed by atoms with Crippen molar-refractivity contribution in [1.29, 1.82) is 0 Å². The first kappa shape index (κ1) is 27.9. The predicted molar refractivity (Wildman–Crippen MR) is 195 cm³/mol. The van der Waals surface area contributed by atoms with Crippen LogP contribution in [0.3, 0.4) is 0 Å². The van der Waals surface area contributed by atoms with E-state index in [4.69, 9.17) is 0 Å². The van der Waals surface area contributed by atoms with Crippen molar-refractivity contribution in [2.75, 3.05) is 5.32 Å². The van der Waals surface area contributed by atoms with Gasteiger partial charge in [0.25, 0.3) is 0 Å². The average Bonchev–Trinajstić information content (AvgIpc) is 3.34. The van der Waals surface area contributed by atoms with Gasteiger partial charge in [-0.2, -0.15) is 0 Å². The van der Waals surface area contributed by atoms with Crippen LogP contribution in [-0.4, -0.2) is 0 Å². The van der Waals surface area contributed by atoms with Gasteiger partial charge in [0.05, 0.1) is 0 Å². The fourth-order valence-corrected chi connectivity index (χ4v) is 7.26. The lowest BCUT2D eigenvalue weighted by Gasteiger charge is -2.23. The first-order chi connectivity index (χ1) is 22.6. The zero-order valence-electron chi connectivity index (χ0n) is 26.2. The Balaban J connectivity index is 1.28. The van der Waals surface area contributed by atoms with Gasteiger partial charge in [-0.15, -0.1) is 0 Å². The molecule has 0 heterocycles. The largest absolute Gasteiger partial charge is 0.355 e. The maximum atomic E-state index is 3.84. The number of anilines is 2. The Labute approximate surface area is 271 Å². The van der Waals surface area contributed by atoms with Crippen molar-refractivity contribution >= 4 is 11.4 Å². The highest BCUT2D eigenvalue weighted by Gasteiger charge is 2.38. The first-order valence-corrected chi connectivity index (χ1v) is 16.0. The summed E-state index contributed by atoms with van der Waals surface area (Å²) < 4.78 is 0. The number of nitrogens with one attached hydrogen (secondary N) is 1. The Morgan fingerprint density at radius 2 is 0.891 bits per heavy atom. The van der Waals surface area contributed by atoms with Crippen LogP contribution < -0.4 is 5.32 Å². The molecule has 220 valence electrons. The van der Waals surface area contributed by atoms with Gasteiger partial charge in [-0.25, -0.2) is 0 Å². The lowest BCUT2D eigenvalue weighted by molar-refractivity contribution is 0.660. The van der Waals surface area contributed by atoms with Crippen molar-refractivity contribution in [3.8, 4) is 55.6 Å². The number of hydrogen-bond donors (Lipinski definition) is 1. The van der Waals surface area contributed by atoms with Crippen LogP contribution in [0.15, 0.2) is 170 Å². The van der Waals surface area contributed by atoms with Crippen molar-refractivity contribution in [2.24, 2.45) is 0 Å². The van der Waals surface area contributed by atoms with E-state index in [1.807, 2.05) is 0 Å². The van der Waals surface area contributed by atoms with Crippen molar-refractivity contribution in [3.63, 3.8) is 0 Å². The van der Waals surface area contributed by atoms with Crippen LogP contribution in [0, 0.1) is 0 Å². The summed E-state index contributed by atoms with van der Waals surface area (Å²) in [6, 6.07) is 61.3. The standard InChI is InChI=1S/C45H35N/c1-45(2)40-28-26-34(46-42-25-15-14-24-38(42)37-23-13-12-22-35(37)31-16-6-3-7-17-31)30-39(40)44-41(45)29-27-36(32-18-8-4-9-19-32)43(44)33-20-10-5-11-21-33/h3-30,46H,1-2H3. The van der Waals surface area contributed by atoms with Crippen LogP contribution in [-0.2, 0) is 5.41 Å². The van der Waals surface area contributed by atoms with Gasteiger partial charge >= 0.3 is 0 Å². The molecule has 0 bridgehead atoms. The third kappa shape index (κ3) is 4.73. The zero-order chi connectivity index (χ0) is 31.1. The van der Waals surface area contributed by atoms with Crippen molar-refractivity contribution < 1.29 is 0 Å². The topological polar surface area (TPSA) is 12.0 Å². The maximum Gasteiger partial charge on any atom is 0.0464 e. The second-order valence-corrected chi connectivity index (χ2v) is 12.6. The first-order valence-electron chi connectivity index (χ1n) is 16.0. The molecule has 0 spiro atoms. The van der Waals surface area contributed by atoms with E-state index in [1.54, 1.807) is 0 Å². The van der Waals surface area contributed by atoms with Gasteiger partial charge in [0.2, 0.25) is 0 Å². The van der Waals surface area contributed by atoms with Gasteiger partial charge < -0.3 is 5.32 Å². The molecule has 0 saturated heterocycles. The molecule has 0 aromatic heterocycles. The molecule has 0 fully saturated rings. The van der Waals surface area contributed by atoms with E-state index in [9.17, 15) is 0 Å². The molecule has 0 unspecified atom stereocenters. The van der Waals surface area contributed by atoms with Gasteiger partial charge in [-0.1, -0.05) is 166 Å². The molecule has 1 N–H and O–H groups in total. The van der Waals surface area contributed by atoms with Gasteiger partial charge in [-0.05, 0) is 79.4 Å². The van der Waals surface area contributed by atoms with Gasteiger partial charge in [-0.3, -0.25) is 0 Å². The molecular formula is C45H35N. The van der Waals surface area contributed by atoms with Crippen LogP contribution in [0.1, 0.15) is 25.0 Å². The Bertz CT molecular complexity index is 2180. The number of hydrogen-bond acceptors (Lipinski definition) is 1. The normalized spacial score (nSPS) is 12.7. The molecule has 0 saturated carbocycles. The Kier molecular flexibility index (Phi) is 6.88. The molecule has 1 heteroatoms. The van der Waals surface area contributed by atoms with E-state index in [0.29, 0.717) is 0 Å². The van der Waals surface area contributed by atoms with Crippen LogP contribution in [0.25, 0.3) is 55.6 Å². The minimum absolute atomic E-state index is 0.117.